The second kappa shape index (κ2) is 11.1. The SMILES string of the molecule is Cc1ccccc1-c1cc(C(F)(F)F)ncc1SN1CC[C@@](F)(C(=O)N[C@H](C)/C=C\S(C)(=O)=O)C[C@H]1C. The topological polar surface area (TPSA) is 79.4 Å². The molecular weight excluding hydrogens is 530 g/mol. The largest absolute Gasteiger partial charge is 0.433 e. The molecule has 1 aliphatic heterocycles. The number of rotatable bonds is 7. The van der Waals surface area contributed by atoms with Gasteiger partial charge in [0.1, 0.15) is 5.69 Å². The number of piperidine rings is 1. The van der Waals surface area contributed by atoms with Crippen LogP contribution in [0.5, 0.6) is 0 Å². The van der Waals surface area contributed by atoms with E-state index in [1.165, 1.54) is 24.2 Å². The lowest BCUT2D eigenvalue weighted by molar-refractivity contribution is -0.141. The van der Waals surface area contributed by atoms with Crippen LogP contribution in [0.25, 0.3) is 11.1 Å². The molecule has 1 aliphatic rings. The minimum Gasteiger partial charge on any atom is -0.347 e. The highest BCUT2D eigenvalue weighted by Crippen LogP contribution is 2.42. The monoisotopic (exact) mass is 559 g/mol. The summed E-state index contributed by atoms with van der Waals surface area (Å²) >= 11 is 1.19. The van der Waals surface area contributed by atoms with Gasteiger partial charge in [-0.1, -0.05) is 30.3 Å². The number of pyridine rings is 1. The molecule has 0 spiro atoms. The lowest BCUT2D eigenvalue weighted by Gasteiger charge is -2.39. The number of hydrogen-bond donors (Lipinski definition) is 1. The van der Waals surface area contributed by atoms with Crippen molar-refractivity contribution >= 4 is 27.7 Å². The van der Waals surface area contributed by atoms with Crippen molar-refractivity contribution in [3.63, 3.8) is 0 Å². The van der Waals surface area contributed by atoms with Gasteiger partial charge in [0, 0.05) is 59.8 Å². The van der Waals surface area contributed by atoms with Crippen molar-refractivity contribution in [2.75, 3.05) is 12.8 Å². The zero-order valence-corrected chi connectivity index (χ0v) is 22.5. The van der Waals surface area contributed by atoms with Crippen LogP contribution in [0.2, 0.25) is 0 Å². The molecule has 3 rings (SSSR count). The van der Waals surface area contributed by atoms with E-state index < -0.39 is 45.4 Å². The molecule has 1 amide bonds. The van der Waals surface area contributed by atoms with Crippen LogP contribution >= 0.6 is 11.9 Å². The molecular formula is C25H29F4N3O3S2. The van der Waals surface area contributed by atoms with Gasteiger partial charge in [0.25, 0.3) is 5.91 Å². The van der Waals surface area contributed by atoms with Crippen LogP contribution in [0, 0.1) is 6.92 Å². The van der Waals surface area contributed by atoms with Gasteiger partial charge in [0.05, 0.1) is 0 Å². The van der Waals surface area contributed by atoms with E-state index in [9.17, 15) is 26.4 Å². The maximum Gasteiger partial charge on any atom is 0.433 e. The summed E-state index contributed by atoms with van der Waals surface area (Å²) in [6.45, 7) is 5.26. The van der Waals surface area contributed by atoms with Crippen LogP contribution in [0.15, 0.2) is 52.9 Å². The third-order valence-corrected chi connectivity index (χ3v) is 7.98. The first-order valence-corrected chi connectivity index (χ1v) is 14.3. The number of carbonyl (C=O) groups excluding carboxylic acids is 1. The maximum absolute atomic E-state index is 15.6. The van der Waals surface area contributed by atoms with E-state index in [1.807, 2.05) is 17.3 Å². The Labute approximate surface area is 218 Å². The minimum atomic E-state index is -4.60. The number of aromatic nitrogens is 1. The first-order chi connectivity index (χ1) is 17.1. The van der Waals surface area contributed by atoms with Crippen LogP contribution in [0.4, 0.5) is 17.6 Å². The first-order valence-electron chi connectivity index (χ1n) is 11.5. The number of alkyl halides is 4. The number of nitrogens with zero attached hydrogens (tertiary/aromatic N) is 2. The summed E-state index contributed by atoms with van der Waals surface area (Å²) in [6, 6.07) is 7.01. The Morgan fingerprint density at radius 1 is 1.30 bits per heavy atom. The Kier molecular flexibility index (Phi) is 8.75. The summed E-state index contributed by atoms with van der Waals surface area (Å²) in [6.07, 6.45) is -1.40. The number of benzene rings is 1. The fourth-order valence-electron chi connectivity index (χ4n) is 4.05. The molecule has 2 heterocycles. The fraction of sp³-hybridized carbons (Fsp3) is 0.440. The highest BCUT2D eigenvalue weighted by molar-refractivity contribution is 7.97. The third kappa shape index (κ3) is 7.55. The van der Waals surface area contributed by atoms with Crippen molar-refractivity contribution in [3.8, 4) is 11.1 Å². The maximum atomic E-state index is 15.6. The lowest BCUT2D eigenvalue weighted by atomic mass is 9.89. The van der Waals surface area contributed by atoms with Crippen molar-refractivity contribution in [1.29, 1.82) is 0 Å². The highest BCUT2D eigenvalue weighted by atomic mass is 32.2. The van der Waals surface area contributed by atoms with E-state index in [2.05, 4.69) is 10.3 Å². The average Bonchev–Trinajstić information content (AvgIpc) is 2.79. The summed E-state index contributed by atoms with van der Waals surface area (Å²) in [4.78, 5) is 16.8. The number of carbonyl (C=O) groups is 1. The molecule has 0 saturated carbocycles. The summed E-state index contributed by atoms with van der Waals surface area (Å²) in [5, 5.41) is 3.45. The van der Waals surface area contributed by atoms with E-state index in [-0.39, 0.29) is 19.4 Å². The number of aryl methyl sites for hydroxylation is 1. The van der Waals surface area contributed by atoms with Crippen LogP contribution in [-0.4, -0.2) is 54.2 Å². The van der Waals surface area contributed by atoms with Crippen molar-refractivity contribution in [3.05, 3.63) is 59.3 Å². The molecule has 0 unspecified atom stereocenters. The quantitative estimate of drug-likeness (QED) is 0.365. The van der Waals surface area contributed by atoms with Gasteiger partial charge in [-0.25, -0.2) is 17.1 Å². The molecule has 1 saturated heterocycles. The Bertz CT molecular complexity index is 1280. The summed E-state index contributed by atoms with van der Waals surface area (Å²) in [7, 11) is -3.38. The molecule has 2 aromatic rings. The molecule has 1 fully saturated rings. The second-order valence-electron chi connectivity index (χ2n) is 9.30. The fourth-order valence-corrected chi connectivity index (χ4v) is 5.63. The predicted molar refractivity (Wildman–Crippen MR) is 136 cm³/mol. The molecule has 3 atom stereocenters. The smallest absolute Gasteiger partial charge is 0.347 e. The van der Waals surface area contributed by atoms with Gasteiger partial charge in [-0.15, -0.1) is 0 Å². The van der Waals surface area contributed by atoms with Gasteiger partial charge in [0.2, 0.25) is 0 Å². The van der Waals surface area contributed by atoms with Gasteiger partial charge in [-0.05, 0) is 49.9 Å². The van der Waals surface area contributed by atoms with Crippen molar-refractivity contribution < 1.29 is 30.8 Å². The van der Waals surface area contributed by atoms with E-state index in [1.54, 1.807) is 32.0 Å². The van der Waals surface area contributed by atoms with Gasteiger partial charge in [-0.3, -0.25) is 9.78 Å². The van der Waals surface area contributed by atoms with E-state index in [4.69, 9.17) is 0 Å². The summed E-state index contributed by atoms with van der Waals surface area (Å²) < 4.78 is 80.2. The molecule has 0 aliphatic carbocycles. The van der Waals surface area contributed by atoms with Crippen LogP contribution in [0.3, 0.4) is 0 Å². The Morgan fingerprint density at radius 2 is 1.97 bits per heavy atom. The van der Waals surface area contributed by atoms with E-state index in [0.29, 0.717) is 16.0 Å². The summed E-state index contributed by atoms with van der Waals surface area (Å²) in [5.41, 5.74) is -1.35. The minimum absolute atomic E-state index is 0.132. The number of amides is 1. The number of halogens is 4. The Hall–Kier alpha value is -2.44. The second-order valence-corrected chi connectivity index (χ2v) is 12.3. The van der Waals surface area contributed by atoms with E-state index in [0.717, 1.165) is 23.3 Å². The number of sulfone groups is 1. The number of nitrogens with one attached hydrogen (secondary N) is 1. The Morgan fingerprint density at radius 3 is 2.57 bits per heavy atom. The van der Waals surface area contributed by atoms with Crippen LogP contribution in [0.1, 0.15) is 37.9 Å². The molecule has 0 radical (unpaired) electrons. The zero-order chi connectivity index (χ0) is 27.6. The average molecular weight is 560 g/mol. The van der Waals surface area contributed by atoms with Crippen LogP contribution in [-0.2, 0) is 20.8 Å². The summed E-state index contributed by atoms with van der Waals surface area (Å²) in [5.74, 6) is -0.827. The van der Waals surface area contributed by atoms with Gasteiger partial charge >= 0.3 is 6.18 Å². The zero-order valence-electron chi connectivity index (χ0n) is 20.8. The molecule has 1 aromatic carbocycles. The Balaban J connectivity index is 1.79. The van der Waals surface area contributed by atoms with E-state index >= 15 is 4.39 Å². The van der Waals surface area contributed by atoms with Gasteiger partial charge in [0.15, 0.2) is 15.5 Å². The molecule has 1 N–H and O–H groups in total. The normalized spacial score (nSPS) is 22.2. The molecule has 6 nitrogen and oxygen atoms in total. The van der Waals surface area contributed by atoms with Gasteiger partial charge < -0.3 is 5.32 Å². The molecule has 37 heavy (non-hydrogen) atoms. The predicted octanol–water partition coefficient (Wildman–Crippen LogP) is 5.34. The third-order valence-electron chi connectivity index (χ3n) is 6.03. The van der Waals surface area contributed by atoms with Gasteiger partial charge in [-0.2, -0.15) is 13.2 Å². The van der Waals surface area contributed by atoms with Crippen molar-refractivity contribution in [1.82, 2.24) is 14.6 Å². The molecule has 1 aromatic heterocycles. The van der Waals surface area contributed by atoms with Crippen LogP contribution < -0.4 is 5.32 Å². The first kappa shape index (κ1) is 29.1. The molecule has 12 heteroatoms. The standard InChI is InChI=1S/C25H29F4N3O3S2/c1-16-7-5-6-8-19(16)20-13-22(25(27,28)29)30-15-21(20)36-32-11-10-24(26,14-18(32)3)23(33)31-17(2)9-12-37(4,34)35/h5-9,12-13,15,17-18H,10-11,14H2,1-4H3,(H,31,33)/b12-9-/t17-,18-,24+/m1/s1. The van der Waals surface area contributed by atoms with Crippen molar-refractivity contribution in [2.24, 2.45) is 0 Å². The number of hydrogen-bond acceptors (Lipinski definition) is 6. The molecule has 202 valence electrons. The molecule has 0 bridgehead atoms. The highest BCUT2D eigenvalue weighted by Gasteiger charge is 2.45. The lowest BCUT2D eigenvalue weighted by Crippen LogP contribution is -2.53. The van der Waals surface area contributed by atoms with Crippen molar-refractivity contribution in [2.45, 2.75) is 62.4 Å².